The van der Waals surface area contributed by atoms with Gasteiger partial charge >= 0.3 is 0 Å². The smallest absolute Gasteiger partial charge is 0.249 e. The summed E-state index contributed by atoms with van der Waals surface area (Å²) in [6, 6.07) is 5.16. The maximum Gasteiger partial charge on any atom is 0.249 e. The van der Waals surface area contributed by atoms with Gasteiger partial charge in [0.25, 0.3) is 0 Å². The number of nitrogens with zero attached hydrogens (tertiary/aromatic N) is 2. The van der Waals surface area contributed by atoms with Gasteiger partial charge in [0.05, 0.1) is 18.0 Å². The second-order valence-corrected chi connectivity index (χ2v) is 10.6. The number of benzene rings is 1. The molecule has 2 aliphatic rings. The Balaban J connectivity index is 1.44. The zero-order chi connectivity index (χ0) is 25.5. The first-order valence-corrected chi connectivity index (χ1v) is 13.3. The van der Waals surface area contributed by atoms with Crippen LogP contribution in [0.15, 0.2) is 24.4 Å². The lowest BCUT2D eigenvalue weighted by molar-refractivity contribution is -0.143. The summed E-state index contributed by atoms with van der Waals surface area (Å²) in [6.45, 7) is 1.70. The van der Waals surface area contributed by atoms with E-state index in [0.717, 1.165) is 25.6 Å². The van der Waals surface area contributed by atoms with Crippen molar-refractivity contribution in [3.8, 4) is 5.75 Å². The summed E-state index contributed by atoms with van der Waals surface area (Å²) in [5.74, 6) is 0.899. The van der Waals surface area contributed by atoms with E-state index in [2.05, 4.69) is 9.88 Å². The number of halogens is 2. The number of hydroxylamine groups is 1. The Bertz CT molecular complexity index is 1020. The number of alkyl halides is 2. The van der Waals surface area contributed by atoms with Crippen LogP contribution in [0.1, 0.15) is 81.5 Å². The standard InChI is InChI=1S/C28H39F2N3O3/c1-36-22-7-8-25-23(17-22)26(21(18-29)19-31-25)24(30)9-11-28(27(34)32-35)12-15-33(16-13-28)14-10-20-5-3-2-4-6-20/h7-8,17,19-20,24,35H,2-6,9-16,18H2,1H3,(H,32,34)/t24-/m1/s1. The zero-order valence-corrected chi connectivity index (χ0v) is 21.3. The van der Waals surface area contributed by atoms with Gasteiger partial charge in [-0.3, -0.25) is 15.0 Å². The van der Waals surface area contributed by atoms with Gasteiger partial charge in [-0.25, -0.2) is 14.3 Å². The third-order valence-corrected chi connectivity index (χ3v) is 8.51. The molecule has 0 unspecified atom stereocenters. The number of amides is 1. The first-order chi connectivity index (χ1) is 17.5. The minimum absolute atomic E-state index is 0.0544. The number of methoxy groups -OCH3 is 1. The third-order valence-electron chi connectivity index (χ3n) is 8.51. The van der Waals surface area contributed by atoms with Gasteiger partial charge in [0.2, 0.25) is 5.91 Å². The monoisotopic (exact) mass is 503 g/mol. The summed E-state index contributed by atoms with van der Waals surface area (Å²) in [4.78, 5) is 19.4. The van der Waals surface area contributed by atoms with Crippen LogP contribution in [0.3, 0.4) is 0 Å². The molecule has 4 rings (SSSR count). The molecular weight excluding hydrogens is 464 g/mol. The maximum absolute atomic E-state index is 15.8. The number of pyridine rings is 1. The van der Waals surface area contributed by atoms with Gasteiger partial charge in [-0.2, -0.15) is 0 Å². The van der Waals surface area contributed by atoms with Crippen LogP contribution in [0.2, 0.25) is 0 Å². The van der Waals surface area contributed by atoms with Crippen molar-refractivity contribution in [3.63, 3.8) is 0 Å². The second-order valence-electron chi connectivity index (χ2n) is 10.6. The van der Waals surface area contributed by atoms with E-state index in [1.807, 2.05) is 5.48 Å². The van der Waals surface area contributed by atoms with Gasteiger partial charge in [0.1, 0.15) is 18.6 Å². The molecule has 2 aromatic rings. The van der Waals surface area contributed by atoms with Gasteiger partial charge < -0.3 is 9.64 Å². The van der Waals surface area contributed by atoms with Crippen LogP contribution in [0, 0.1) is 11.3 Å². The molecule has 1 aromatic heterocycles. The number of rotatable bonds is 10. The molecule has 1 aromatic carbocycles. The number of aromatic nitrogens is 1. The normalized spacial score (nSPS) is 19.8. The molecule has 1 atom stereocenters. The van der Waals surface area contributed by atoms with Gasteiger partial charge in [0, 0.05) is 22.7 Å². The molecule has 2 N–H and O–H groups in total. The highest BCUT2D eigenvalue weighted by Gasteiger charge is 2.41. The van der Waals surface area contributed by atoms with Crippen molar-refractivity contribution >= 4 is 16.8 Å². The van der Waals surface area contributed by atoms with E-state index in [0.29, 0.717) is 29.5 Å². The molecule has 36 heavy (non-hydrogen) atoms. The molecule has 1 aliphatic heterocycles. The van der Waals surface area contributed by atoms with Gasteiger partial charge in [-0.15, -0.1) is 0 Å². The van der Waals surface area contributed by atoms with E-state index in [-0.39, 0.29) is 24.0 Å². The Morgan fingerprint density at radius 1 is 1.28 bits per heavy atom. The summed E-state index contributed by atoms with van der Waals surface area (Å²) in [5.41, 5.74) is 2.05. The first kappa shape index (κ1) is 26.7. The minimum Gasteiger partial charge on any atom is -0.497 e. The average molecular weight is 504 g/mol. The third kappa shape index (κ3) is 5.97. The number of nitrogens with one attached hydrogen (secondary N) is 1. The molecule has 1 aliphatic carbocycles. The Morgan fingerprint density at radius 2 is 2.03 bits per heavy atom. The van der Waals surface area contributed by atoms with Crippen molar-refractivity contribution < 1.29 is 23.5 Å². The first-order valence-electron chi connectivity index (χ1n) is 13.3. The fraction of sp³-hybridized carbons (Fsp3) is 0.643. The highest BCUT2D eigenvalue weighted by atomic mass is 19.1. The number of hydrogen-bond donors (Lipinski definition) is 2. The molecule has 0 spiro atoms. The van der Waals surface area contributed by atoms with Crippen LogP contribution in [0.4, 0.5) is 8.78 Å². The number of carbonyl (C=O) groups is 1. The van der Waals surface area contributed by atoms with Crippen molar-refractivity contribution in [3.05, 3.63) is 35.5 Å². The lowest BCUT2D eigenvalue weighted by atomic mass is 9.73. The van der Waals surface area contributed by atoms with Crippen LogP contribution in [-0.2, 0) is 11.5 Å². The molecule has 198 valence electrons. The Morgan fingerprint density at radius 3 is 2.69 bits per heavy atom. The van der Waals surface area contributed by atoms with Crippen LogP contribution in [0.25, 0.3) is 10.9 Å². The SMILES string of the molecule is COc1ccc2ncc(CF)c([C@H](F)CCC3(C(=O)NO)CCN(CCC4CCCCC4)CC3)c2c1. The summed E-state index contributed by atoms with van der Waals surface area (Å²) >= 11 is 0. The van der Waals surface area contributed by atoms with E-state index in [4.69, 9.17) is 4.74 Å². The molecule has 0 radical (unpaired) electrons. The lowest BCUT2D eigenvalue weighted by Gasteiger charge is -2.41. The molecular formula is C28H39F2N3O3. The van der Waals surface area contributed by atoms with Crippen LogP contribution < -0.4 is 10.2 Å². The van der Waals surface area contributed by atoms with Crippen LogP contribution in [0.5, 0.6) is 5.75 Å². The highest BCUT2D eigenvalue weighted by Crippen LogP contribution is 2.42. The molecule has 8 heteroatoms. The summed E-state index contributed by atoms with van der Waals surface area (Å²) < 4.78 is 34.9. The molecule has 0 bridgehead atoms. The van der Waals surface area contributed by atoms with Crippen molar-refractivity contribution in [2.75, 3.05) is 26.7 Å². The van der Waals surface area contributed by atoms with E-state index in [9.17, 15) is 14.4 Å². The number of hydrogen-bond acceptors (Lipinski definition) is 5. The van der Waals surface area contributed by atoms with Gasteiger partial charge in [0.15, 0.2) is 0 Å². The topological polar surface area (TPSA) is 74.7 Å². The minimum atomic E-state index is -1.47. The van der Waals surface area contributed by atoms with Crippen molar-refractivity contribution in [1.82, 2.24) is 15.4 Å². The summed E-state index contributed by atoms with van der Waals surface area (Å²) in [7, 11) is 1.53. The summed E-state index contributed by atoms with van der Waals surface area (Å²) in [5, 5.41) is 10.00. The van der Waals surface area contributed by atoms with Crippen molar-refractivity contribution in [2.45, 2.75) is 77.1 Å². The molecule has 6 nitrogen and oxygen atoms in total. The van der Waals surface area contributed by atoms with E-state index >= 15 is 4.39 Å². The average Bonchev–Trinajstić information content (AvgIpc) is 2.94. The number of piperidine rings is 1. The quantitative estimate of drug-likeness (QED) is 0.304. The van der Waals surface area contributed by atoms with Crippen LogP contribution in [-0.4, -0.2) is 47.7 Å². The fourth-order valence-electron chi connectivity index (χ4n) is 6.14. The maximum atomic E-state index is 15.8. The summed E-state index contributed by atoms with van der Waals surface area (Å²) in [6.07, 6.45) is 9.22. The Labute approximate surface area is 212 Å². The van der Waals surface area contributed by atoms with Crippen molar-refractivity contribution in [1.29, 1.82) is 0 Å². The number of carbonyl (C=O) groups excluding carboxylic acids is 1. The predicted molar refractivity (Wildman–Crippen MR) is 135 cm³/mol. The lowest BCUT2D eigenvalue weighted by Crippen LogP contribution is -2.48. The molecule has 2 fully saturated rings. The predicted octanol–water partition coefficient (Wildman–Crippen LogP) is 6.06. The number of likely N-dealkylation sites (tertiary alicyclic amines) is 1. The van der Waals surface area contributed by atoms with Crippen molar-refractivity contribution in [2.24, 2.45) is 11.3 Å². The fourth-order valence-corrected chi connectivity index (χ4v) is 6.14. The van der Waals surface area contributed by atoms with E-state index in [1.54, 1.807) is 18.2 Å². The molecule has 1 amide bonds. The van der Waals surface area contributed by atoms with Gasteiger partial charge in [-0.1, -0.05) is 32.1 Å². The Hall–Kier alpha value is -2.32. The second kappa shape index (κ2) is 12.3. The zero-order valence-electron chi connectivity index (χ0n) is 21.3. The Kier molecular flexibility index (Phi) is 9.12. The number of fused-ring (bicyclic) bond motifs is 1. The molecule has 2 heterocycles. The van der Waals surface area contributed by atoms with E-state index < -0.39 is 24.2 Å². The molecule has 1 saturated heterocycles. The largest absolute Gasteiger partial charge is 0.497 e. The van der Waals surface area contributed by atoms with Gasteiger partial charge in [-0.05, 0) is 75.9 Å². The van der Waals surface area contributed by atoms with Crippen LogP contribution >= 0.6 is 0 Å². The molecule has 1 saturated carbocycles. The number of ether oxygens (including phenoxy) is 1. The van der Waals surface area contributed by atoms with E-state index in [1.165, 1.54) is 51.8 Å². The highest BCUT2D eigenvalue weighted by molar-refractivity contribution is 5.85.